The molecule has 1 aromatic carbocycles. The summed E-state index contributed by atoms with van der Waals surface area (Å²) >= 11 is 0. The fraction of sp³-hybridized carbons (Fsp3) is 0.400. The van der Waals surface area contributed by atoms with Gasteiger partial charge in [-0.2, -0.15) is 0 Å². The largest absolute Gasteiger partial charge is 0.334 e. The van der Waals surface area contributed by atoms with Crippen LogP contribution in [0.1, 0.15) is 56.3 Å². The van der Waals surface area contributed by atoms with Crippen molar-refractivity contribution in [2.75, 3.05) is 0 Å². The molecule has 1 unspecified atom stereocenters. The Hall–Kier alpha value is -2.36. The van der Waals surface area contributed by atoms with Crippen molar-refractivity contribution < 1.29 is 4.79 Å². The molecule has 2 amide bonds. The molecule has 0 saturated carbocycles. The highest BCUT2D eigenvalue weighted by Gasteiger charge is 2.18. The third-order valence-electron chi connectivity index (χ3n) is 4.12. The highest BCUT2D eigenvalue weighted by atomic mass is 16.2. The first kappa shape index (κ1) is 18.0. The first-order valence-electron chi connectivity index (χ1n) is 8.50. The number of urea groups is 1. The van der Waals surface area contributed by atoms with Gasteiger partial charge in [0, 0.05) is 18.9 Å². The Labute approximate surface area is 144 Å². The van der Waals surface area contributed by atoms with Gasteiger partial charge in [-0.15, -0.1) is 0 Å². The fourth-order valence-electron chi connectivity index (χ4n) is 2.60. The molecule has 1 atom stereocenters. The van der Waals surface area contributed by atoms with Gasteiger partial charge in [-0.05, 0) is 40.7 Å². The number of nitrogens with one attached hydrogen (secondary N) is 2. The zero-order chi connectivity index (χ0) is 17.5. The van der Waals surface area contributed by atoms with E-state index in [0.29, 0.717) is 18.4 Å². The van der Waals surface area contributed by atoms with Gasteiger partial charge < -0.3 is 10.6 Å². The molecule has 0 fully saturated rings. The van der Waals surface area contributed by atoms with Crippen LogP contribution >= 0.6 is 0 Å². The van der Waals surface area contributed by atoms with Crippen molar-refractivity contribution in [2.24, 2.45) is 5.92 Å². The Balaban J connectivity index is 1.98. The molecule has 0 saturated heterocycles. The number of rotatable bonds is 6. The molecule has 1 aromatic heterocycles. The zero-order valence-electron chi connectivity index (χ0n) is 14.9. The second-order valence-electron chi connectivity index (χ2n) is 6.73. The van der Waals surface area contributed by atoms with Crippen LogP contribution < -0.4 is 10.6 Å². The highest BCUT2D eigenvalue weighted by molar-refractivity contribution is 5.74. The predicted octanol–water partition coefficient (Wildman–Crippen LogP) is 4.40. The first-order valence-corrected chi connectivity index (χ1v) is 8.50. The van der Waals surface area contributed by atoms with Gasteiger partial charge in [0.1, 0.15) is 0 Å². The molecular weight excluding hydrogens is 298 g/mol. The Morgan fingerprint density at radius 1 is 0.958 bits per heavy atom. The molecule has 0 aliphatic rings. The van der Waals surface area contributed by atoms with E-state index in [4.69, 9.17) is 0 Å². The minimum atomic E-state index is -0.154. The Bertz CT molecular complexity index is 636. The fourth-order valence-corrected chi connectivity index (χ4v) is 2.60. The average Bonchev–Trinajstić information content (AvgIpc) is 2.58. The van der Waals surface area contributed by atoms with Crippen LogP contribution in [-0.2, 0) is 6.54 Å². The van der Waals surface area contributed by atoms with Gasteiger partial charge in [-0.25, -0.2) is 4.79 Å². The molecule has 0 spiro atoms. The van der Waals surface area contributed by atoms with E-state index in [-0.39, 0.29) is 12.1 Å². The summed E-state index contributed by atoms with van der Waals surface area (Å²) < 4.78 is 0. The molecule has 0 aliphatic heterocycles. The molecule has 24 heavy (non-hydrogen) atoms. The number of aromatic nitrogens is 1. The zero-order valence-corrected chi connectivity index (χ0v) is 14.9. The highest BCUT2D eigenvalue weighted by Crippen LogP contribution is 2.24. The lowest BCUT2D eigenvalue weighted by molar-refractivity contribution is 0.232. The normalized spacial score (nSPS) is 12.2. The van der Waals surface area contributed by atoms with Crippen molar-refractivity contribution in [3.05, 3.63) is 65.5 Å². The van der Waals surface area contributed by atoms with Crippen LogP contribution in [0.4, 0.5) is 4.79 Å². The average molecular weight is 325 g/mol. The summed E-state index contributed by atoms with van der Waals surface area (Å²) in [6.07, 6.45) is 3.45. The van der Waals surface area contributed by atoms with Gasteiger partial charge in [0.15, 0.2) is 0 Å². The second kappa shape index (κ2) is 8.48. The predicted molar refractivity (Wildman–Crippen MR) is 97.7 cm³/mol. The number of nitrogens with zero attached hydrogens (tertiary/aromatic N) is 1. The minimum Gasteiger partial charge on any atom is -0.334 e. The molecule has 0 bridgehead atoms. The number of benzene rings is 1. The number of pyridine rings is 1. The van der Waals surface area contributed by atoms with Crippen LogP contribution in [0.3, 0.4) is 0 Å². The lowest BCUT2D eigenvalue weighted by Crippen LogP contribution is -2.39. The second-order valence-corrected chi connectivity index (χ2v) is 6.73. The quantitative estimate of drug-likeness (QED) is 0.827. The van der Waals surface area contributed by atoms with E-state index in [1.165, 1.54) is 5.56 Å². The summed E-state index contributed by atoms with van der Waals surface area (Å²) in [6.45, 7) is 9.08. The summed E-state index contributed by atoms with van der Waals surface area (Å²) in [5, 5.41) is 5.99. The molecule has 4 nitrogen and oxygen atoms in total. The van der Waals surface area contributed by atoms with E-state index in [1.807, 2.05) is 12.1 Å². The van der Waals surface area contributed by atoms with Gasteiger partial charge in [0.25, 0.3) is 0 Å². The summed E-state index contributed by atoms with van der Waals surface area (Å²) in [5.74, 6) is 0.815. The van der Waals surface area contributed by atoms with E-state index in [9.17, 15) is 4.79 Å². The van der Waals surface area contributed by atoms with Gasteiger partial charge in [-0.1, -0.05) is 52.0 Å². The van der Waals surface area contributed by atoms with E-state index < -0.39 is 0 Å². The van der Waals surface area contributed by atoms with Crippen LogP contribution in [0.2, 0.25) is 0 Å². The van der Waals surface area contributed by atoms with Gasteiger partial charge in [-0.3, -0.25) is 4.98 Å². The maximum atomic E-state index is 12.2. The molecule has 0 radical (unpaired) electrons. The van der Waals surface area contributed by atoms with Crippen LogP contribution in [0.5, 0.6) is 0 Å². The molecule has 1 heterocycles. The molecule has 128 valence electrons. The number of carbonyl (C=O) groups excluding carboxylic acids is 1. The third-order valence-corrected chi connectivity index (χ3v) is 4.12. The number of carbonyl (C=O) groups is 1. The van der Waals surface area contributed by atoms with Crippen molar-refractivity contribution in [1.29, 1.82) is 0 Å². The third kappa shape index (κ3) is 5.08. The van der Waals surface area contributed by atoms with Crippen molar-refractivity contribution in [3.63, 3.8) is 0 Å². The molecular formula is C20H27N3O. The van der Waals surface area contributed by atoms with Crippen molar-refractivity contribution in [1.82, 2.24) is 15.6 Å². The van der Waals surface area contributed by atoms with E-state index in [2.05, 4.69) is 67.6 Å². The first-order chi connectivity index (χ1) is 11.5. The summed E-state index contributed by atoms with van der Waals surface area (Å²) in [5.41, 5.74) is 3.47. The van der Waals surface area contributed by atoms with Crippen LogP contribution in [0, 0.1) is 5.92 Å². The van der Waals surface area contributed by atoms with Crippen LogP contribution in [-0.4, -0.2) is 11.0 Å². The maximum absolute atomic E-state index is 12.2. The Kier molecular flexibility index (Phi) is 6.36. The van der Waals surface area contributed by atoms with Crippen molar-refractivity contribution >= 4 is 6.03 Å². The Morgan fingerprint density at radius 3 is 2.08 bits per heavy atom. The van der Waals surface area contributed by atoms with Crippen molar-refractivity contribution in [2.45, 2.75) is 46.2 Å². The number of hydrogen-bond acceptors (Lipinski definition) is 2. The van der Waals surface area contributed by atoms with E-state index >= 15 is 0 Å². The van der Waals surface area contributed by atoms with E-state index in [0.717, 1.165) is 11.1 Å². The lowest BCUT2D eigenvalue weighted by atomic mass is 9.93. The van der Waals surface area contributed by atoms with Gasteiger partial charge in [0.2, 0.25) is 0 Å². The monoisotopic (exact) mass is 325 g/mol. The molecule has 0 aliphatic carbocycles. The van der Waals surface area contributed by atoms with E-state index in [1.54, 1.807) is 12.4 Å². The number of amides is 2. The number of hydrogen-bond donors (Lipinski definition) is 2. The smallest absolute Gasteiger partial charge is 0.315 e. The lowest BCUT2D eigenvalue weighted by Gasteiger charge is -2.23. The Morgan fingerprint density at radius 2 is 1.54 bits per heavy atom. The van der Waals surface area contributed by atoms with Gasteiger partial charge in [0.05, 0.1) is 6.04 Å². The van der Waals surface area contributed by atoms with Crippen LogP contribution in [0.15, 0.2) is 48.8 Å². The van der Waals surface area contributed by atoms with Crippen LogP contribution in [0.25, 0.3) is 0 Å². The minimum absolute atomic E-state index is 0.0105. The van der Waals surface area contributed by atoms with Crippen molar-refractivity contribution in [3.8, 4) is 0 Å². The summed E-state index contributed by atoms with van der Waals surface area (Å²) in [4.78, 5) is 16.2. The molecule has 2 N–H and O–H groups in total. The standard InChI is InChI=1S/C20H27N3O/c1-14(2)17-5-7-18(8-6-17)19(15(3)4)23-20(24)22-13-16-9-11-21-12-10-16/h5-12,14-15,19H,13H2,1-4H3,(H2,22,23,24). The summed E-state index contributed by atoms with van der Waals surface area (Å²) in [6, 6.07) is 12.1. The summed E-state index contributed by atoms with van der Waals surface area (Å²) in [7, 11) is 0. The SMILES string of the molecule is CC(C)c1ccc(C(NC(=O)NCc2ccncc2)C(C)C)cc1. The topological polar surface area (TPSA) is 54.0 Å². The molecule has 2 rings (SSSR count). The maximum Gasteiger partial charge on any atom is 0.315 e. The molecule has 4 heteroatoms. The van der Waals surface area contributed by atoms with Gasteiger partial charge >= 0.3 is 6.03 Å². The molecule has 2 aromatic rings.